The van der Waals surface area contributed by atoms with Gasteiger partial charge in [0.2, 0.25) is 10.0 Å². The molecule has 2 aromatic rings. The molecule has 0 heterocycles. The van der Waals surface area contributed by atoms with E-state index in [-0.39, 0.29) is 29.5 Å². The molecule has 0 fully saturated rings. The number of nitrogens with one attached hydrogen (secondary N) is 2. The van der Waals surface area contributed by atoms with Gasteiger partial charge in [-0.05, 0) is 50.1 Å². The third-order valence-electron chi connectivity index (χ3n) is 4.26. The molecule has 0 saturated heterocycles. The Bertz CT molecular complexity index is 852. The molecule has 2 atom stereocenters. The maximum absolute atomic E-state index is 12.6. The van der Waals surface area contributed by atoms with Gasteiger partial charge in [-0.25, -0.2) is 13.1 Å². The number of ether oxygens (including phenoxy) is 1. The molecule has 0 aliphatic carbocycles. The molecule has 0 bridgehead atoms. The van der Waals surface area contributed by atoms with Crippen LogP contribution >= 0.6 is 0 Å². The first kappa shape index (κ1) is 21.9. The van der Waals surface area contributed by atoms with Crippen LogP contribution in [-0.2, 0) is 14.8 Å². The molecule has 0 unspecified atom stereocenters. The summed E-state index contributed by atoms with van der Waals surface area (Å²) in [6.45, 7) is 5.70. The normalized spacial score (nSPS) is 13.5. The number of carbonyl (C=O) groups is 1. The first-order valence-corrected chi connectivity index (χ1v) is 10.9. The van der Waals surface area contributed by atoms with E-state index in [0.717, 1.165) is 18.4 Å². The van der Waals surface area contributed by atoms with Crippen molar-refractivity contribution in [1.29, 1.82) is 0 Å². The van der Waals surface area contributed by atoms with Gasteiger partial charge in [0, 0.05) is 12.1 Å². The van der Waals surface area contributed by atoms with Gasteiger partial charge in [-0.3, -0.25) is 4.79 Å². The first-order chi connectivity index (χ1) is 13.3. The number of hydrogen-bond donors (Lipinski definition) is 2. The molecule has 0 radical (unpaired) electrons. The molecule has 28 heavy (non-hydrogen) atoms. The first-order valence-electron chi connectivity index (χ1n) is 9.41. The number of hydrogen-bond acceptors (Lipinski definition) is 4. The minimum atomic E-state index is -3.66. The van der Waals surface area contributed by atoms with E-state index in [0.29, 0.717) is 5.75 Å². The lowest BCUT2D eigenvalue weighted by atomic mass is 10.1. The summed E-state index contributed by atoms with van der Waals surface area (Å²) in [6.07, 6.45) is 1.90. The number of rotatable bonds is 10. The molecule has 2 aromatic carbocycles. The summed E-state index contributed by atoms with van der Waals surface area (Å²) in [6, 6.07) is 15.1. The van der Waals surface area contributed by atoms with Crippen molar-refractivity contribution in [3.8, 4) is 5.75 Å². The third kappa shape index (κ3) is 6.65. The van der Waals surface area contributed by atoms with Gasteiger partial charge in [0.25, 0.3) is 5.91 Å². The summed E-state index contributed by atoms with van der Waals surface area (Å²) < 4.78 is 33.2. The fourth-order valence-corrected chi connectivity index (χ4v) is 4.03. The predicted octanol–water partition coefficient (Wildman–Crippen LogP) is 3.41. The second kappa shape index (κ2) is 10.2. The van der Waals surface area contributed by atoms with Crippen molar-refractivity contribution in [3.05, 3.63) is 60.2 Å². The van der Waals surface area contributed by atoms with E-state index < -0.39 is 10.0 Å². The molecule has 2 N–H and O–H groups in total. The Hall–Kier alpha value is -2.38. The zero-order chi connectivity index (χ0) is 20.6. The zero-order valence-corrected chi connectivity index (χ0v) is 17.3. The van der Waals surface area contributed by atoms with Gasteiger partial charge in [-0.15, -0.1) is 0 Å². The SMILES string of the molecule is CCC[C@H](C)NC(=O)COc1ccc(S(=O)(=O)N[C@H](C)c2ccccc2)cc1. The van der Waals surface area contributed by atoms with Crippen LogP contribution in [0.3, 0.4) is 0 Å². The summed E-state index contributed by atoms with van der Waals surface area (Å²) >= 11 is 0. The molecule has 152 valence electrons. The van der Waals surface area contributed by atoms with E-state index in [1.165, 1.54) is 12.1 Å². The van der Waals surface area contributed by atoms with E-state index in [1.54, 1.807) is 19.1 Å². The van der Waals surface area contributed by atoms with Crippen molar-refractivity contribution >= 4 is 15.9 Å². The Labute approximate surface area is 167 Å². The molecule has 7 heteroatoms. The highest BCUT2D eigenvalue weighted by Gasteiger charge is 2.18. The molecule has 0 aromatic heterocycles. The number of benzene rings is 2. The fraction of sp³-hybridized carbons (Fsp3) is 0.381. The zero-order valence-electron chi connectivity index (χ0n) is 16.5. The fourth-order valence-electron chi connectivity index (χ4n) is 2.80. The lowest BCUT2D eigenvalue weighted by molar-refractivity contribution is -0.123. The Balaban J connectivity index is 1.93. The van der Waals surface area contributed by atoms with Gasteiger partial charge in [-0.2, -0.15) is 0 Å². The minimum Gasteiger partial charge on any atom is -0.484 e. The van der Waals surface area contributed by atoms with Gasteiger partial charge in [0.1, 0.15) is 5.75 Å². The predicted molar refractivity (Wildman–Crippen MR) is 110 cm³/mol. The maximum Gasteiger partial charge on any atom is 0.258 e. The van der Waals surface area contributed by atoms with Crippen LogP contribution < -0.4 is 14.8 Å². The van der Waals surface area contributed by atoms with Crippen molar-refractivity contribution in [3.63, 3.8) is 0 Å². The topological polar surface area (TPSA) is 84.5 Å². The average Bonchev–Trinajstić information content (AvgIpc) is 2.67. The second-order valence-corrected chi connectivity index (χ2v) is 8.48. The van der Waals surface area contributed by atoms with E-state index in [4.69, 9.17) is 4.74 Å². The quantitative estimate of drug-likeness (QED) is 0.636. The van der Waals surface area contributed by atoms with Crippen molar-refractivity contribution < 1.29 is 17.9 Å². The molecular formula is C21H28N2O4S. The van der Waals surface area contributed by atoms with Gasteiger partial charge in [0.15, 0.2) is 6.61 Å². The summed E-state index contributed by atoms with van der Waals surface area (Å²) in [5.41, 5.74) is 0.884. The summed E-state index contributed by atoms with van der Waals surface area (Å²) in [5.74, 6) is 0.240. The van der Waals surface area contributed by atoms with Crippen molar-refractivity contribution in [2.75, 3.05) is 6.61 Å². The second-order valence-electron chi connectivity index (χ2n) is 6.77. The standard InChI is InChI=1S/C21H28N2O4S/c1-4-8-16(2)22-21(24)15-27-19-11-13-20(14-12-19)28(25,26)23-17(3)18-9-6-5-7-10-18/h5-7,9-14,16-17,23H,4,8,15H2,1-3H3,(H,22,24)/t16-,17+/m0/s1. The highest BCUT2D eigenvalue weighted by atomic mass is 32.2. The van der Waals surface area contributed by atoms with E-state index >= 15 is 0 Å². The number of sulfonamides is 1. The third-order valence-corrected chi connectivity index (χ3v) is 5.82. The molecule has 0 aliphatic heterocycles. The lowest BCUT2D eigenvalue weighted by Crippen LogP contribution is -2.35. The smallest absolute Gasteiger partial charge is 0.258 e. The highest BCUT2D eigenvalue weighted by Crippen LogP contribution is 2.19. The molecule has 0 spiro atoms. The van der Waals surface area contributed by atoms with Gasteiger partial charge in [0.05, 0.1) is 4.90 Å². The number of amides is 1. The van der Waals surface area contributed by atoms with Crippen molar-refractivity contribution in [1.82, 2.24) is 10.0 Å². The van der Waals surface area contributed by atoms with E-state index in [9.17, 15) is 13.2 Å². The van der Waals surface area contributed by atoms with Crippen LogP contribution in [-0.4, -0.2) is 27.0 Å². The monoisotopic (exact) mass is 404 g/mol. The van der Waals surface area contributed by atoms with Gasteiger partial charge >= 0.3 is 0 Å². The average molecular weight is 405 g/mol. The molecule has 1 amide bonds. The Kier molecular flexibility index (Phi) is 8.02. The van der Waals surface area contributed by atoms with Crippen LogP contribution in [0.4, 0.5) is 0 Å². The van der Waals surface area contributed by atoms with Crippen molar-refractivity contribution in [2.45, 2.75) is 50.6 Å². The van der Waals surface area contributed by atoms with Gasteiger partial charge < -0.3 is 10.1 Å². The van der Waals surface area contributed by atoms with Gasteiger partial charge in [-0.1, -0.05) is 43.7 Å². The van der Waals surface area contributed by atoms with Crippen LogP contribution in [0, 0.1) is 0 Å². The largest absolute Gasteiger partial charge is 0.484 e. The molecule has 0 aliphatic rings. The van der Waals surface area contributed by atoms with Crippen LogP contribution in [0.5, 0.6) is 5.75 Å². The summed E-state index contributed by atoms with van der Waals surface area (Å²) in [7, 11) is -3.66. The molecule has 6 nitrogen and oxygen atoms in total. The van der Waals surface area contributed by atoms with Crippen LogP contribution in [0.1, 0.15) is 45.2 Å². The molecular weight excluding hydrogens is 376 g/mol. The summed E-state index contributed by atoms with van der Waals surface area (Å²) in [5, 5.41) is 2.85. The maximum atomic E-state index is 12.6. The molecule has 2 rings (SSSR count). The van der Waals surface area contributed by atoms with Crippen molar-refractivity contribution in [2.24, 2.45) is 0 Å². The van der Waals surface area contributed by atoms with E-state index in [2.05, 4.69) is 17.0 Å². The Morgan fingerprint density at radius 1 is 1.04 bits per heavy atom. The molecule has 0 saturated carbocycles. The Morgan fingerprint density at radius 3 is 2.29 bits per heavy atom. The number of carbonyl (C=O) groups excluding carboxylic acids is 1. The van der Waals surface area contributed by atoms with Crippen LogP contribution in [0.15, 0.2) is 59.5 Å². The highest BCUT2D eigenvalue weighted by molar-refractivity contribution is 7.89. The van der Waals surface area contributed by atoms with Crippen LogP contribution in [0.2, 0.25) is 0 Å². The summed E-state index contributed by atoms with van der Waals surface area (Å²) in [4.78, 5) is 12.0. The lowest BCUT2D eigenvalue weighted by Gasteiger charge is -2.15. The Morgan fingerprint density at radius 2 is 1.68 bits per heavy atom. The van der Waals surface area contributed by atoms with Crippen LogP contribution in [0.25, 0.3) is 0 Å². The minimum absolute atomic E-state index is 0.103. The van der Waals surface area contributed by atoms with E-state index in [1.807, 2.05) is 37.3 Å².